The lowest BCUT2D eigenvalue weighted by atomic mass is 10.2. The van der Waals surface area contributed by atoms with Gasteiger partial charge in [0.2, 0.25) is 0 Å². The number of ether oxygens (including phenoxy) is 1. The Bertz CT molecular complexity index is 339. The van der Waals surface area contributed by atoms with Crippen LogP contribution in [0.1, 0.15) is 12.0 Å². The van der Waals surface area contributed by atoms with Crippen LogP contribution in [0.4, 0.5) is 0 Å². The molecule has 88 valence electrons. The van der Waals surface area contributed by atoms with E-state index in [0.29, 0.717) is 13.2 Å². The number of phenolic OH excluding ortho intramolecular Hbond substituents is 2. The van der Waals surface area contributed by atoms with Crippen molar-refractivity contribution in [3.63, 3.8) is 0 Å². The number of benzene rings is 1. The zero-order chi connectivity index (χ0) is 11.8. The van der Waals surface area contributed by atoms with E-state index in [-0.39, 0.29) is 11.5 Å². The van der Waals surface area contributed by atoms with Crippen LogP contribution >= 0.6 is 0 Å². The summed E-state index contributed by atoms with van der Waals surface area (Å²) in [5.41, 5.74) is 0.930. The fourth-order valence-corrected chi connectivity index (χ4v) is 1.28. The third kappa shape index (κ3) is 4.23. The van der Waals surface area contributed by atoms with Crippen LogP contribution in [-0.4, -0.2) is 23.4 Å². The molecule has 0 spiro atoms. The summed E-state index contributed by atoms with van der Waals surface area (Å²) in [5, 5.41) is 21.6. The fourth-order valence-electron chi connectivity index (χ4n) is 1.28. The average Bonchev–Trinajstić information content (AvgIpc) is 2.28. The Labute approximate surface area is 95.2 Å². The van der Waals surface area contributed by atoms with Crippen molar-refractivity contribution < 1.29 is 14.9 Å². The maximum atomic E-state index is 9.26. The summed E-state index contributed by atoms with van der Waals surface area (Å²) < 4.78 is 4.97. The summed E-state index contributed by atoms with van der Waals surface area (Å²) in [7, 11) is 0. The molecule has 0 aromatic heterocycles. The van der Waals surface area contributed by atoms with Crippen molar-refractivity contribution in [1.29, 1.82) is 0 Å². The van der Waals surface area contributed by atoms with E-state index >= 15 is 0 Å². The van der Waals surface area contributed by atoms with Gasteiger partial charge in [0.1, 0.15) is 0 Å². The maximum absolute atomic E-state index is 9.26. The van der Waals surface area contributed by atoms with Crippen LogP contribution in [0, 0.1) is 0 Å². The highest BCUT2D eigenvalue weighted by molar-refractivity contribution is 5.40. The molecule has 16 heavy (non-hydrogen) atoms. The Morgan fingerprint density at radius 2 is 2.12 bits per heavy atom. The molecule has 3 N–H and O–H groups in total. The van der Waals surface area contributed by atoms with Crippen molar-refractivity contribution in [2.45, 2.75) is 13.0 Å². The first-order valence-electron chi connectivity index (χ1n) is 5.18. The first kappa shape index (κ1) is 12.4. The van der Waals surface area contributed by atoms with Gasteiger partial charge >= 0.3 is 0 Å². The molecule has 1 aromatic rings. The topological polar surface area (TPSA) is 61.7 Å². The van der Waals surface area contributed by atoms with Gasteiger partial charge in [-0.25, -0.2) is 0 Å². The molecule has 0 atom stereocenters. The molecule has 0 unspecified atom stereocenters. The highest BCUT2D eigenvalue weighted by Gasteiger charge is 1.99. The molecule has 0 amide bonds. The van der Waals surface area contributed by atoms with E-state index < -0.39 is 0 Å². The molecule has 4 nitrogen and oxygen atoms in total. The van der Waals surface area contributed by atoms with Crippen LogP contribution in [-0.2, 0) is 11.3 Å². The first-order chi connectivity index (χ1) is 7.74. The molecular weight excluding hydrogens is 206 g/mol. The summed E-state index contributed by atoms with van der Waals surface area (Å²) in [6, 6.07) is 4.79. The van der Waals surface area contributed by atoms with E-state index in [1.165, 1.54) is 12.3 Å². The molecule has 0 radical (unpaired) electrons. The molecule has 0 aliphatic heterocycles. The summed E-state index contributed by atoms with van der Waals surface area (Å²) in [5.74, 6) is -0.183. The van der Waals surface area contributed by atoms with Gasteiger partial charge in [-0.15, -0.1) is 0 Å². The van der Waals surface area contributed by atoms with Gasteiger partial charge in [-0.05, 0) is 30.7 Å². The lowest BCUT2D eigenvalue weighted by molar-refractivity contribution is 0.244. The quantitative estimate of drug-likeness (QED) is 0.374. The molecule has 0 aliphatic carbocycles. The van der Waals surface area contributed by atoms with Gasteiger partial charge in [0, 0.05) is 6.54 Å². The summed E-state index contributed by atoms with van der Waals surface area (Å²) in [4.78, 5) is 0. The van der Waals surface area contributed by atoms with Gasteiger partial charge in [-0.3, -0.25) is 0 Å². The van der Waals surface area contributed by atoms with Crippen molar-refractivity contribution in [3.8, 4) is 11.5 Å². The number of phenols is 2. The number of hydrogen-bond donors (Lipinski definition) is 3. The van der Waals surface area contributed by atoms with Gasteiger partial charge in [-0.1, -0.05) is 12.6 Å². The molecule has 0 saturated carbocycles. The molecular formula is C12H17NO3. The third-order valence-electron chi connectivity index (χ3n) is 2.10. The van der Waals surface area contributed by atoms with Gasteiger partial charge in [-0.2, -0.15) is 0 Å². The van der Waals surface area contributed by atoms with Crippen molar-refractivity contribution in [1.82, 2.24) is 5.32 Å². The summed E-state index contributed by atoms with van der Waals surface area (Å²) in [6.07, 6.45) is 2.33. The smallest absolute Gasteiger partial charge is 0.157 e. The van der Waals surface area contributed by atoms with Gasteiger partial charge in [0.05, 0.1) is 12.9 Å². The minimum Gasteiger partial charge on any atom is -0.504 e. The summed E-state index contributed by atoms with van der Waals surface area (Å²) in [6.45, 7) is 5.58. The fraction of sp³-hybridized carbons (Fsp3) is 0.333. The molecule has 0 heterocycles. The van der Waals surface area contributed by atoms with Crippen LogP contribution in [0.2, 0.25) is 0 Å². The molecule has 0 fully saturated rings. The van der Waals surface area contributed by atoms with Crippen molar-refractivity contribution >= 4 is 0 Å². The van der Waals surface area contributed by atoms with Crippen LogP contribution in [0.15, 0.2) is 31.0 Å². The predicted molar refractivity (Wildman–Crippen MR) is 62.2 cm³/mol. The SMILES string of the molecule is C=COCCCNCc1ccc(O)c(O)c1. The van der Waals surface area contributed by atoms with E-state index in [1.54, 1.807) is 12.1 Å². The number of rotatable bonds is 7. The molecule has 1 rings (SSSR count). The minimum absolute atomic E-state index is 0.0886. The summed E-state index contributed by atoms with van der Waals surface area (Å²) >= 11 is 0. The van der Waals surface area contributed by atoms with Crippen LogP contribution in [0.25, 0.3) is 0 Å². The Hall–Kier alpha value is -1.68. The van der Waals surface area contributed by atoms with Crippen molar-refractivity contribution in [2.24, 2.45) is 0 Å². The molecule has 4 heteroatoms. The van der Waals surface area contributed by atoms with Crippen LogP contribution < -0.4 is 5.32 Å². The Morgan fingerprint density at radius 1 is 1.31 bits per heavy atom. The van der Waals surface area contributed by atoms with Crippen molar-refractivity contribution in [3.05, 3.63) is 36.6 Å². The van der Waals surface area contributed by atoms with Gasteiger partial charge < -0.3 is 20.3 Å². The van der Waals surface area contributed by atoms with E-state index in [0.717, 1.165) is 18.5 Å². The number of nitrogens with one attached hydrogen (secondary N) is 1. The standard InChI is InChI=1S/C12H17NO3/c1-2-16-7-3-6-13-9-10-4-5-11(14)12(15)8-10/h2,4-5,8,13-15H,1,3,6-7,9H2. The molecule has 0 bridgehead atoms. The molecule has 1 aromatic carbocycles. The second-order valence-electron chi connectivity index (χ2n) is 3.39. The zero-order valence-corrected chi connectivity index (χ0v) is 9.15. The normalized spacial score (nSPS) is 10.0. The average molecular weight is 223 g/mol. The molecule has 0 saturated heterocycles. The number of aromatic hydroxyl groups is 2. The third-order valence-corrected chi connectivity index (χ3v) is 2.10. The Morgan fingerprint density at radius 3 is 2.81 bits per heavy atom. The van der Waals surface area contributed by atoms with Crippen LogP contribution in [0.5, 0.6) is 11.5 Å². The van der Waals surface area contributed by atoms with E-state index in [4.69, 9.17) is 9.84 Å². The van der Waals surface area contributed by atoms with E-state index in [1.807, 2.05) is 0 Å². The van der Waals surface area contributed by atoms with Gasteiger partial charge in [0.25, 0.3) is 0 Å². The predicted octanol–water partition coefficient (Wildman–Crippen LogP) is 1.74. The maximum Gasteiger partial charge on any atom is 0.157 e. The zero-order valence-electron chi connectivity index (χ0n) is 9.15. The lowest BCUT2D eigenvalue weighted by Crippen LogP contribution is -2.15. The Balaban J connectivity index is 2.21. The minimum atomic E-state index is -0.0943. The highest BCUT2D eigenvalue weighted by Crippen LogP contribution is 2.24. The monoisotopic (exact) mass is 223 g/mol. The first-order valence-corrected chi connectivity index (χ1v) is 5.18. The molecule has 0 aliphatic rings. The second kappa shape index (κ2) is 6.74. The largest absolute Gasteiger partial charge is 0.504 e. The van der Waals surface area contributed by atoms with E-state index in [2.05, 4.69) is 11.9 Å². The van der Waals surface area contributed by atoms with E-state index in [9.17, 15) is 5.11 Å². The lowest BCUT2D eigenvalue weighted by Gasteiger charge is -2.06. The highest BCUT2D eigenvalue weighted by atomic mass is 16.5. The Kier molecular flexibility index (Phi) is 5.22. The second-order valence-corrected chi connectivity index (χ2v) is 3.39. The number of hydrogen-bond acceptors (Lipinski definition) is 4. The van der Waals surface area contributed by atoms with Crippen molar-refractivity contribution in [2.75, 3.05) is 13.2 Å². The van der Waals surface area contributed by atoms with Gasteiger partial charge in [0.15, 0.2) is 11.5 Å². The van der Waals surface area contributed by atoms with Crippen LogP contribution in [0.3, 0.4) is 0 Å².